The van der Waals surface area contributed by atoms with E-state index < -0.39 is 0 Å². The molecule has 1 aromatic heterocycles. The van der Waals surface area contributed by atoms with Crippen LogP contribution in [0, 0.1) is 0 Å². The molecule has 0 aliphatic heterocycles. The van der Waals surface area contributed by atoms with Crippen LogP contribution in [0.1, 0.15) is 38.4 Å². The maximum absolute atomic E-state index is 5.32. The fraction of sp³-hybridized carbons (Fsp3) is 0.800. The summed E-state index contributed by atoms with van der Waals surface area (Å²) in [6.07, 6.45) is 2.50. The molecule has 0 spiro atoms. The van der Waals surface area contributed by atoms with Crippen molar-refractivity contribution in [3.8, 4) is 0 Å². The van der Waals surface area contributed by atoms with Gasteiger partial charge in [-0.05, 0) is 26.7 Å². The van der Waals surface area contributed by atoms with Crippen molar-refractivity contribution in [1.82, 2.24) is 9.36 Å². The molecule has 1 aliphatic rings. The second-order valence-electron chi connectivity index (χ2n) is 4.55. The van der Waals surface area contributed by atoms with Crippen LogP contribution in [0.4, 0.5) is 5.13 Å². The fourth-order valence-corrected chi connectivity index (χ4v) is 1.82. The first kappa shape index (κ1) is 10.8. The predicted molar refractivity (Wildman–Crippen MR) is 61.5 cm³/mol. The summed E-state index contributed by atoms with van der Waals surface area (Å²) >= 11 is 1.44. The summed E-state index contributed by atoms with van der Waals surface area (Å²) in [5, 5.41) is 4.16. The van der Waals surface area contributed by atoms with Crippen molar-refractivity contribution >= 4 is 16.7 Å². The lowest BCUT2D eigenvalue weighted by molar-refractivity contribution is 0.0344. The molecule has 1 aromatic rings. The summed E-state index contributed by atoms with van der Waals surface area (Å²) in [5.41, 5.74) is -0.161. The quantitative estimate of drug-likeness (QED) is 0.838. The zero-order valence-electron chi connectivity index (χ0n) is 9.41. The lowest BCUT2D eigenvalue weighted by Crippen LogP contribution is -2.31. The molecule has 1 heterocycles. The molecule has 15 heavy (non-hydrogen) atoms. The third-order valence-electron chi connectivity index (χ3n) is 2.60. The van der Waals surface area contributed by atoms with E-state index in [-0.39, 0.29) is 5.60 Å². The molecule has 1 N–H and O–H groups in total. The van der Waals surface area contributed by atoms with Gasteiger partial charge < -0.3 is 10.1 Å². The third kappa shape index (κ3) is 2.89. The van der Waals surface area contributed by atoms with Gasteiger partial charge >= 0.3 is 0 Å². The van der Waals surface area contributed by atoms with Crippen molar-refractivity contribution in [2.75, 3.05) is 19.0 Å². The predicted octanol–water partition coefficient (Wildman–Crippen LogP) is 2.25. The first-order chi connectivity index (χ1) is 7.11. The van der Waals surface area contributed by atoms with Crippen molar-refractivity contribution in [2.45, 2.75) is 38.2 Å². The third-order valence-corrected chi connectivity index (χ3v) is 3.29. The lowest BCUT2D eigenvalue weighted by atomic mass is 10.1. The fourth-order valence-electron chi connectivity index (χ4n) is 1.17. The standard InChI is InChI=1S/C10H17N3OS/c1-10(2,14-3)6-11-9-12-8(13-15-9)7-4-5-7/h7H,4-6H2,1-3H3,(H,11,12,13). The van der Waals surface area contributed by atoms with Crippen LogP contribution in [0.15, 0.2) is 0 Å². The Morgan fingerprint density at radius 3 is 2.87 bits per heavy atom. The van der Waals surface area contributed by atoms with Gasteiger partial charge in [0.1, 0.15) is 5.82 Å². The van der Waals surface area contributed by atoms with Gasteiger partial charge in [-0.3, -0.25) is 0 Å². The molecule has 0 aromatic carbocycles. The van der Waals surface area contributed by atoms with Gasteiger partial charge in [-0.15, -0.1) is 0 Å². The maximum atomic E-state index is 5.32. The molecule has 0 radical (unpaired) electrons. The molecule has 0 saturated heterocycles. The molecule has 0 atom stereocenters. The number of methoxy groups -OCH3 is 1. The van der Waals surface area contributed by atoms with Crippen molar-refractivity contribution in [3.05, 3.63) is 5.82 Å². The van der Waals surface area contributed by atoms with E-state index in [0.29, 0.717) is 5.92 Å². The van der Waals surface area contributed by atoms with Gasteiger partial charge in [0, 0.05) is 31.1 Å². The van der Waals surface area contributed by atoms with E-state index in [1.165, 1.54) is 24.4 Å². The van der Waals surface area contributed by atoms with Crippen LogP contribution < -0.4 is 5.32 Å². The summed E-state index contributed by atoms with van der Waals surface area (Å²) in [6, 6.07) is 0. The maximum Gasteiger partial charge on any atom is 0.202 e. The SMILES string of the molecule is COC(C)(C)CNc1nc(C2CC2)ns1. The summed E-state index contributed by atoms with van der Waals surface area (Å²) in [6.45, 7) is 4.84. The molecule has 2 rings (SSSR count). The second-order valence-corrected chi connectivity index (χ2v) is 5.30. The molecule has 0 bridgehead atoms. The van der Waals surface area contributed by atoms with Crippen LogP contribution in [-0.4, -0.2) is 28.6 Å². The molecule has 5 heteroatoms. The molecule has 1 saturated carbocycles. The monoisotopic (exact) mass is 227 g/mol. The van der Waals surface area contributed by atoms with Crippen molar-refractivity contribution in [1.29, 1.82) is 0 Å². The van der Waals surface area contributed by atoms with Crippen LogP contribution in [0.25, 0.3) is 0 Å². The van der Waals surface area contributed by atoms with Crippen molar-refractivity contribution < 1.29 is 4.74 Å². The molecule has 4 nitrogen and oxygen atoms in total. The Labute approximate surface area is 94.2 Å². The van der Waals surface area contributed by atoms with Crippen LogP contribution in [-0.2, 0) is 4.74 Å². The lowest BCUT2D eigenvalue weighted by Gasteiger charge is -2.22. The van der Waals surface area contributed by atoms with E-state index in [1.54, 1.807) is 7.11 Å². The van der Waals surface area contributed by atoms with Gasteiger partial charge in [-0.25, -0.2) is 4.98 Å². The minimum atomic E-state index is -0.161. The summed E-state index contributed by atoms with van der Waals surface area (Å²) in [7, 11) is 1.72. The van der Waals surface area contributed by atoms with E-state index in [9.17, 15) is 0 Å². The summed E-state index contributed by atoms with van der Waals surface area (Å²) in [4.78, 5) is 4.45. The summed E-state index contributed by atoms with van der Waals surface area (Å²) < 4.78 is 9.65. The highest BCUT2D eigenvalue weighted by atomic mass is 32.1. The van der Waals surface area contributed by atoms with Crippen LogP contribution in [0.3, 0.4) is 0 Å². The molecule has 84 valence electrons. The second kappa shape index (κ2) is 4.06. The number of aromatic nitrogens is 2. The van der Waals surface area contributed by atoms with E-state index in [2.05, 4.69) is 14.7 Å². The first-order valence-electron chi connectivity index (χ1n) is 5.23. The van der Waals surface area contributed by atoms with Crippen LogP contribution >= 0.6 is 11.5 Å². The minimum absolute atomic E-state index is 0.161. The summed E-state index contributed by atoms with van der Waals surface area (Å²) in [5.74, 6) is 1.64. The van der Waals surface area contributed by atoms with Gasteiger partial charge in [0.25, 0.3) is 0 Å². The number of rotatable bonds is 5. The molecule has 1 aliphatic carbocycles. The Morgan fingerprint density at radius 2 is 2.27 bits per heavy atom. The molecule has 0 amide bonds. The van der Waals surface area contributed by atoms with E-state index >= 15 is 0 Å². The van der Waals surface area contributed by atoms with E-state index in [1.807, 2.05) is 13.8 Å². The highest BCUT2D eigenvalue weighted by Gasteiger charge is 2.28. The van der Waals surface area contributed by atoms with Crippen molar-refractivity contribution in [2.24, 2.45) is 0 Å². The molecule has 1 fully saturated rings. The number of nitrogens with zero attached hydrogens (tertiary/aromatic N) is 2. The Hall–Kier alpha value is -0.680. The first-order valence-corrected chi connectivity index (χ1v) is 6.01. The van der Waals surface area contributed by atoms with Crippen molar-refractivity contribution in [3.63, 3.8) is 0 Å². The van der Waals surface area contributed by atoms with Crippen LogP contribution in [0.2, 0.25) is 0 Å². The van der Waals surface area contributed by atoms with Crippen LogP contribution in [0.5, 0.6) is 0 Å². The molecule has 0 unspecified atom stereocenters. The Kier molecular flexibility index (Phi) is 2.93. The number of anilines is 1. The number of hydrogen-bond donors (Lipinski definition) is 1. The topological polar surface area (TPSA) is 47.0 Å². The van der Waals surface area contributed by atoms with E-state index in [0.717, 1.165) is 17.5 Å². The normalized spacial score (nSPS) is 16.7. The van der Waals surface area contributed by atoms with Gasteiger partial charge in [0.05, 0.1) is 5.60 Å². The minimum Gasteiger partial charge on any atom is -0.377 e. The Balaban J connectivity index is 1.87. The highest BCUT2D eigenvalue weighted by Crippen LogP contribution is 2.39. The molecular formula is C10H17N3OS. The number of hydrogen-bond acceptors (Lipinski definition) is 5. The highest BCUT2D eigenvalue weighted by molar-refractivity contribution is 7.09. The molecular weight excluding hydrogens is 210 g/mol. The van der Waals surface area contributed by atoms with Gasteiger partial charge in [0.15, 0.2) is 0 Å². The average Bonchev–Trinajstić information content (AvgIpc) is 2.96. The smallest absolute Gasteiger partial charge is 0.202 e. The number of ether oxygens (including phenoxy) is 1. The Morgan fingerprint density at radius 1 is 1.53 bits per heavy atom. The zero-order valence-corrected chi connectivity index (χ0v) is 10.2. The van der Waals surface area contributed by atoms with Gasteiger partial charge in [-0.1, -0.05) is 0 Å². The zero-order chi connectivity index (χ0) is 10.9. The Bertz CT molecular complexity index is 333. The van der Waals surface area contributed by atoms with Gasteiger partial charge in [-0.2, -0.15) is 4.37 Å². The van der Waals surface area contributed by atoms with E-state index in [4.69, 9.17) is 4.74 Å². The largest absolute Gasteiger partial charge is 0.377 e. The van der Waals surface area contributed by atoms with Gasteiger partial charge in [0.2, 0.25) is 5.13 Å². The number of nitrogens with one attached hydrogen (secondary N) is 1. The average molecular weight is 227 g/mol.